The van der Waals surface area contributed by atoms with Crippen LogP contribution in [0.3, 0.4) is 0 Å². The first-order valence-corrected chi connectivity index (χ1v) is 4.47. The third kappa shape index (κ3) is 22.7. The lowest BCUT2D eigenvalue weighted by molar-refractivity contribution is -0.122. The Kier molecular flexibility index (Phi) is 15.2. The first-order chi connectivity index (χ1) is 5.68. The molecule has 3 nitrogen and oxygen atoms in total. The first-order valence-electron chi connectivity index (χ1n) is 4.47. The van der Waals surface area contributed by atoms with Gasteiger partial charge in [0.1, 0.15) is 0 Å². The molecule has 0 fully saturated rings. The summed E-state index contributed by atoms with van der Waals surface area (Å²) in [5.74, 6) is 0.864. The van der Waals surface area contributed by atoms with Crippen LogP contribution in [0.2, 0.25) is 0 Å². The number of carboxylic acid groups (broad SMARTS) is 1. The number of hydrogen-bond acceptors (Lipinski definition) is 2. The zero-order valence-electron chi connectivity index (χ0n) is 8.12. The average Bonchev–Trinajstić information content (AvgIpc) is 1.99. The summed E-state index contributed by atoms with van der Waals surface area (Å²) in [5.41, 5.74) is 5.35. The van der Waals surface area contributed by atoms with Crippen molar-refractivity contribution in [3.63, 3.8) is 0 Å². The number of unbranched alkanes of at least 4 members (excludes halogenated alkanes) is 2. The Bertz CT molecular complexity index is 84.6. The number of rotatable bonds is 5. The summed E-state index contributed by atoms with van der Waals surface area (Å²) < 4.78 is 0. The molecule has 12 heavy (non-hydrogen) atoms. The Morgan fingerprint density at radius 2 is 1.83 bits per heavy atom. The minimum Gasteiger partial charge on any atom is -0.483 e. The molecule has 0 bridgehead atoms. The summed E-state index contributed by atoms with van der Waals surface area (Å²) in [5, 5.41) is 6.89. The van der Waals surface area contributed by atoms with Gasteiger partial charge in [-0.05, 0) is 18.9 Å². The molecule has 0 spiro atoms. The highest BCUT2D eigenvalue weighted by atomic mass is 16.3. The van der Waals surface area contributed by atoms with Crippen molar-refractivity contribution >= 4 is 6.47 Å². The van der Waals surface area contributed by atoms with E-state index >= 15 is 0 Å². The molecule has 0 saturated heterocycles. The number of carbonyl (C=O) groups is 1. The second-order valence-corrected chi connectivity index (χ2v) is 3.14. The maximum Gasteiger partial charge on any atom is 0.290 e. The van der Waals surface area contributed by atoms with Crippen LogP contribution in [0.15, 0.2) is 0 Å². The Hall–Kier alpha value is -0.570. The van der Waals surface area contributed by atoms with Gasteiger partial charge in [0.15, 0.2) is 0 Å². The fourth-order valence-corrected chi connectivity index (χ4v) is 0.874. The van der Waals surface area contributed by atoms with Gasteiger partial charge in [0.2, 0.25) is 0 Å². The van der Waals surface area contributed by atoms with Gasteiger partial charge in [-0.2, -0.15) is 0 Å². The zero-order chi connectivity index (χ0) is 9.82. The predicted molar refractivity (Wildman–Crippen MR) is 51.1 cm³/mol. The van der Waals surface area contributed by atoms with E-state index in [-0.39, 0.29) is 6.47 Å². The van der Waals surface area contributed by atoms with Crippen molar-refractivity contribution in [2.24, 2.45) is 11.7 Å². The van der Waals surface area contributed by atoms with Crippen LogP contribution in [-0.4, -0.2) is 18.1 Å². The molecule has 0 aromatic rings. The third-order valence-electron chi connectivity index (χ3n) is 1.49. The Morgan fingerprint density at radius 3 is 2.17 bits per heavy atom. The van der Waals surface area contributed by atoms with Gasteiger partial charge in [-0.15, -0.1) is 0 Å². The van der Waals surface area contributed by atoms with Gasteiger partial charge >= 0.3 is 0 Å². The van der Waals surface area contributed by atoms with Gasteiger partial charge in [0.05, 0.1) is 0 Å². The summed E-state index contributed by atoms with van der Waals surface area (Å²) in [7, 11) is 0. The van der Waals surface area contributed by atoms with E-state index in [9.17, 15) is 0 Å². The molecular formula is C9H21NO2. The quantitative estimate of drug-likeness (QED) is 0.495. The van der Waals surface area contributed by atoms with Gasteiger partial charge in [-0.25, -0.2) is 0 Å². The lowest BCUT2D eigenvalue weighted by Gasteiger charge is -2.01. The van der Waals surface area contributed by atoms with Gasteiger partial charge in [0.25, 0.3) is 6.47 Å². The van der Waals surface area contributed by atoms with Crippen LogP contribution >= 0.6 is 0 Å². The molecule has 0 aliphatic carbocycles. The fraction of sp³-hybridized carbons (Fsp3) is 0.889. The smallest absolute Gasteiger partial charge is 0.290 e. The topological polar surface area (TPSA) is 63.3 Å². The molecule has 0 atom stereocenters. The van der Waals surface area contributed by atoms with E-state index in [2.05, 4.69) is 13.8 Å². The van der Waals surface area contributed by atoms with E-state index in [1.165, 1.54) is 25.7 Å². The minimum absolute atomic E-state index is 0.250. The van der Waals surface area contributed by atoms with Crippen LogP contribution in [-0.2, 0) is 4.79 Å². The molecule has 0 saturated carbocycles. The largest absolute Gasteiger partial charge is 0.483 e. The maximum absolute atomic E-state index is 8.36. The first kappa shape index (κ1) is 14.0. The molecule has 74 valence electrons. The van der Waals surface area contributed by atoms with Gasteiger partial charge in [-0.3, -0.25) is 4.79 Å². The third-order valence-corrected chi connectivity index (χ3v) is 1.49. The summed E-state index contributed by atoms with van der Waals surface area (Å²) >= 11 is 0. The van der Waals surface area contributed by atoms with Gasteiger partial charge < -0.3 is 10.8 Å². The van der Waals surface area contributed by atoms with E-state index in [0.717, 1.165) is 12.5 Å². The van der Waals surface area contributed by atoms with E-state index in [0.29, 0.717) is 0 Å². The van der Waals surface area contributed by atoms with Crippen molar-refractivity contribution in [2.75, 3.05) is 6.54 Å². The van der Waals surface area contributed by atoms with Crippen LogP contribution in [0.5, 0.6) is 0 Å². The van der Waals surface area contributed by atoms with Gasteiger partial charge in [-0.1, -0.05) is 33.1 Å². The molecule has 0 rings (SSSR count). The highest BCUT2D eigenvalue weighted by Gasteiger charge is 1.91. The fourth-order valence-electron chi connectivity index (χ4n) is 0.874. The summed E-state index contributed by atoms with van der Waals surface area (Å²) in [6, 6.07) is 0. The van der Waals surface area contributed by atoms with Crippen LogP contribution in [0, 0.1) is 5.92 Å². The summed E-state index contributed by atoms with van der Waals surface area (Å²) in [4.78, 5) is 8.36. The predicted octanol–water partition coefficient (Wildman–Crippen LogP) is 1.86. The Balaban J connectivity index is 0. The molecule has 3 N–H and O–H groups in total. The zero-order valence-corrected chi connectivity index (χ0v) is 8.12. The van der Waals surface area contributed by atoms with Gasteiger partial charge in [0, 0.05) is 0 Å². The van der Waals surface area contributed by atoms with E-state index in [1.807, 2.05) is 0 Å². The average molecular weight is 175 g/mol. The highest BCUT2D eigenvalue weighted by molar-refractivity contribution is 5.32. The van der Waals surface area contributed by atoms with Crippen molar-refractivity contribution < 1.29 is 9.90 Å². The van der Waals surface area contributed by atoms with Crippen molar-refractivity contribution in [3.8, 4) is 0 Å². The van der Waals surface area contributed by atoms with Crippen molar-refractivity contribution in [2.45, 2.75) is 39.5 Å². The van der Waals surface area contributed by atoms with Crippen molar-refractivity contribution in [3.05, 3.63) is 0 Å². The Morgan fingerprint density at radius 1 is 1.33 bits per heavy atom. The SMILES string of the molecule is CC(C)CCCCCN.O=CO. The van der Waals surface area contributed by atoms with E-state index in [1.54, 1.807) is 0 Å². The lowest BCUT2D eigenvalue weighted by atomic mass is 10.1. The van der Waals surface area contributed by atoms with Crippen molar-refractivity contribution in [1.82, 2.24) is 0 Å². The molecule has 0 aromatic heterocycles. The van der Waals surface area contributed by atoms with E-state index < -0.39 is 0 Å². The van der Waals surface area contributed by atoms with Crippen molar-refractivity contribution in [1.29, 1.82) is 0 Å². The molecule has 3 heteroatoms. The second-order valence-electron chi connectivity index (χ2n) is 3.14. The molecule has 0 amide bonds. The normalized spacial score (nSPS) is 9.00. The van der Waals surface area contributed by atoms with E-state index in [4.69, 9.17) is 15.6 Å². The minimum atomic E-state index is -0.250. The molecule has 0 radical (unpaired) electrons. The highest BCUT2D eigenvalue weighted by Crippen LogP contribution is 2.06. The maximum atomic E-state index is 8.36. The van der Waals surface area contributed by atoms with Crippen LogP contribution in [0.25, 0.3) is 0 Å². The van der Waals surface area contributed by atoms with Crippen LogP contribution in [0.4, 0.5) is 0 Å². The standard InChI is InChI=1S/C8H19N.CH2O2/c1-8(2)6-4-3-5-7-9;2-1-3/h8H,3-7,9H2,1-2H3;1H,(H,2,3). The molecule has 0 aromatic carbocycles. The molecule has 0 heterocycles. The molecule has 0 aliphatic heterocycles. The Labute approximate surface area is 75.0 Å². The molecule has 0 aliphatic rings. The summed E-state index contributed by atoms with van der Waals surface area (Å²) in [6.45, 7) is 5.14. The second kappa shape index (κ2) is 13.1. The lowest BCUT2D eigenvalue weighted by Crippen LogP contribution is -1.98. The molecular weight excluding hydrogens is 154 g/mol. The summed E-state index contributed by atoms with van der Waals surface area (Å²) in [6.07, 6.45) is 5.23. The monoisotopic (exact) mass is 175 g/mol. The van der Waals surface area contributed by atoms with Crippen LogP contribution < -0.4 is 5.73 Å². The number of hydrogen-bond donors (Lipinski definition) is 2. The molecule has 0 unspecified atom stereocenters. The van der Waals surface area contributed by atoms with Crippen LogP contribution in [0.1, 0.15) is 39.5 Å². The number of nitrogens with two attached hydrogens (primary N) is 1.